The highest BCUT2D eigenvalue weighted by Crippen LogP contribution is 2.38. The number of alkyl halides is 3. The maximum Gasteiger partial charge on any atom is 0.417 e. The third-order valence-corrected chi connectivity index (χ3v) is 6.38. The van der Waals surface area contributed by atoms with Crippen LogP contribution < -0.4 is 5.32 Å². The van der Waals surface area contributed by atoms with Crippen LogP contribution in [-0.2, 0) is 6.18 Å². The smallest absolute Gasteiger partial charge is 0.363 e. The summed E-state index contributed by atoms with van der Waals surface area (Å²) >= 11 is 0. The molecule has 34 heavy (non-hydrogen) atoms. The second kappa shape index (κ2) is 8.33. The molecule has 3 aliphatic rings. The van der Waals surface area contributed by atoms with E-state index in [1.165, 1.54) is 17.2 Å². The predicted molar refractivity (Wildman–Crippen MR) is 113 cm³/mol. The van der Waals surface area contributed by atoms with Crippen LogP contribution in [0.2, 0.25) is 0 Å². The molecule has 2 saturated heterocycles. The summed E-state index contributed by atoms with van der Waals surface area (Å²) in [6, 6.07) is 3.28. The van der Waals surface area contributed by atoms with Crippen molar-refractivity contribution in [3.05, 3.63) is 59.6 Å². The van der Waals surface area contributed by atoms with Crippen molar-refractivity contribution < 1.29 is 22.4 Å². The fraction of sp³-hybridized carbons (Fsp3) is 0.409. The number of anilines is 1. The largest absolute Gasteiger partial charge is 0.417 e. The first kappa shape index (κ1) is 22.2. The van der Waals surface area contributed by atoms with E-state index in [9.17, 15) is 22.4 Å². The molecular formula is C22H21F4N7O. The minimum atomic E-state index is -4.68. The van der Waals surface area contributed by atoms with Gasteiger partial charge in [-0.2, -0.15) is 23.4 Å². The lowest BCUT2D eigenvalue weighted by molar-refractivity contribution is -0.138. The van der Waals surface area contributed by atoms with Crippen LogP contribution in [0.15, 0.2) is 36.8 Å². The maximum absolute atomic E-state index is 14.4. The van der Waals surface area contributed by atoms with Crippen molar-refractivity contribution in [2.24, 2.45) is 5.92 Å². The molecule has 5 heterocycles. The van der Waals surface area contributed by atoms with Crippen molar-refractivity contribution in [2.45, 2.75) is 44.4 Å². The van der Waals surface area contributed by atoms with Crippen molar-refractivity contribution in [2.75, 3.05) is 11.9 Å². The van der Waals surface area contributed by atoms with Gasteiger partial charge in [-0.1, -0.05) is 0 Å². The molecule has 6 rings (SSSR count). The number of carbonyl (C=O) groups excluding carboxylic acids is 1. The molecular weight excluding hydrogens is 454 g/mol. The molecule has 1 saturated carbocycles. The van der Waals surface area contributed by atoms with Gasteiger partial charge in [0, 0.05) is 24.5 Å². The number of carbonyl (C=O) groups is 1. The van der Waals surface area contributed by atoms with Gasteiger partial charge in [-0.05, 0) is 50.3 Å². The highest BCUT2D eigenvalue weighted by Gasteiger charge is 2.44. The standard InChI is InChI=1S/C22H21F4N7O/c1-12-2-4-18(33-28-6-7-29-33)19(30-12)21(34)32-11-13-3-5-17(32)16(8-13)31-20-15(23)9-14(10-27-20)22(24,25)26/h2,4,6-7,9-10,13,16-17H,3,5,8,11H2,1H3,(H,27,31)/t13-,16-,17+/m1/s1. The number of fused-ring (bicyclic) bond motifs is 3. The number of amides is 1. The Kier molecular flexibility index (Phi) is 5.45. The summed E-state index contributed by atoms with van der Waals surface area (Å²) in [5, 5.41) is 11.2. The molecule has 2 aliphatic heterocycles. The van der Waals surface area contributed by atoms with E-state index in [0.29, 0.717) is 43.0 Å². The number of aryl methyl sites for hydroxylation is 1. The number of aromatic nitrogens is 5. The average Bonchev–Trinajstić information content (AvgIpc) is 3.34. The zero-order valence-electron chi connectivity index (χ0n) is 18.1. The molecule has 1 amide bonds. The molecule has 3 aromatic heterocycles. The van der Waals surface area contributed by atoms with Gasteiger partial charge in [0.05, 0.1) is 24.0 Å². The van der Waals surface area contributed by atoms with Gasteiger partial charge in [0.15, 0.2) is 17.3 Å². The normalized spacial score (nSPS) is 22.1. The SMILES string of the molecule is Cc1ccc(-n2nccn2)c(C(=O)N2C[C@@H]3CC[C@H]2[C@H](Nc2ncc(C(F)(F)F)cc2F)C3)n1. The lowest BCUT2D eigenvalue weighted by Gasteiger charge is -2.50. The third-order valence-electron chi connectivity index (χ3n) is 6.38. The minimum absolute atomic E-state index is 0.167. The predicted octanol–water partition coefficient (Wildman–Crippen LogP) is 3.63. The number of hydrogen-bond acceptors (Lipinski definition) is 6. The van der Waals surface area contributed by atoms with E-state index in [2.05, 4.69) is 25.5 Å². The summed E-state index contributed by atoms with van der Waals surface area (Å²) in [7, 11) is 0. The molecule has 0 aromatic carbocycles. The van der Waals surface area contributed by atoms with Crippen molar-refractivity contribution in [3.8, 4) is 5.69 Å². The molecule has 178 valence electrons. The van der Waals surface area contributed by atoms with Crippen LogP contribution in [-0.4, -0.2) is 54.4 Å². The molecule has 2 bridgehead atoms. The van der Waals surface area contributed by atoms with E-state index in [1.54, 1.807) is 24.0 Å². The first-order valence-corrected chi connectivity index (χ1v) is 10.9. The first-order chi connectivity index (χ1) is 16.2. The van der Waals surface area contributed by atoms with Crippen LogP contribution >= 0.6 is 0 Å². The zero-order chi connectivity index (χ0) is 24.0. The molecule has 1 N–H and O–H groups in total. The van der Waals surface area contributed by atoms with Crippen molar-refractivity contribution in [3.63, 3.8) is 0 Å². The van der Waals surface area contributed by atoms with Crippen molar-refractivity contribution >= 4 is 11.7 Å². The summed E-state index contributed by atoms with van der Waals surface area (Å²) in [5.41, 5.74) is 0.165. The Morgan fingerprint density at radius 3 is 2.62 bits per heavy atom. The second-order valence-corrected chi connectivity index (χ2v) is 8.65. The molecule has 1 aliphatic carbocycles. The van der Waals surface area contributed by atoms with Crippen LogP contribution in [0.1, 0.15) is 41.0 Å². The van der Waals surface area contributed by atoms with Gasteiger partial charge >= 0.3 is 6.18 Å². The number of nitrogens with zero attached hydrogens (tertiary/aromatic N) is 6. The number of nitrogens with one attached hydrogen (secondary N) is 1. The Hall–Kier alpha value is -3.57. The number of rotatable bonds is 4. The van der Waals surface area contributed by atoms with E-state index in [1.807, 2.05) is 0 Å². The van der Waals surface area contributed by atoms with E-state index >= 15 is 0 Å². The summed E-state index contributed by atoms with van der Waals surface area (Å²) in [6.45, 7) is 2.30. The van der Waals surface area contributed by atoms with Crippen LogP contribution in [0.3, 0.4) is 0 Å². The Labute approximate surface area is 192 Å². The fourth-order valence-electron chi connectivity index (χ4n) is 4.80. The highest BCUT2D eigenvalue weighted by atomic mass is 19.4. The second-order valence-electron chi connectivity index (χ2n) is 8.65. The maximum atomic E-state index is 14.4. The Bertz CT molecular complexity index is 1210. The Balaban J connectivity index is 1.42. The Morgan fingerprint density at radius 2 is 1.94 bits per heavy atom. The van der Waals surface area contributed by atoms with Crippen molar-refractivity contribution in [1.82, 2.24) is 29.9 Å². The zero-order valence-corrected chi connectivity index (χ0v) is 18.1. The lowest BCUT2D eigenvalue weighted by atomic mass is 9.76. The molecule has 0 spiro atoms. The lowest BCUT2D eigenvalue weighted by Crippen LogP contribution is -2.60. The molecule has 3 atom stereocenters. The molecule has 3 fully saturated rings. The van der Waals surface area contributed by atoms with Gasteiger partial charge in [0.25, 0.3) is 5.91 Å². The van der Waals surface area contributed by atoms with Gasteiger partial charge in [0.1, 0.15) is 5.69 Å². The summed E-state index contributed by atoms with van der Waals surface area (Å²) < 4.78 is 53.0. The van der Waals surface area contributed by atoms with Crippen LogP contribution in [0.5, 0.6) is 0 Å². The van der Waals surface area contributed by atoms with Gasteiger partial charge in [0.2, 0.25) is 0 Å². The molecule has 12 heteroatoms. The Morgan fingerprint density at radius 1 is 1.18 bits per heavy atom. The molecule has 0 radical (unpaired) electrons. The van der Waals surface area contributed by atoms with Gasteiger partial charge < -0.3 is 10.2 Å². The summed E-state index contributed by atoms with van der Waals surface area (Å²) in [5.74, 6) is -1.47. The third kappa shape index (κ3) is 4.08. The minimum Gasteiger partial charge on any atom is -0.363 e. The topological polar surface area (TPSA) is 88.8 Å². The fourth-order valence-corrected chi connectivity index (χ4v) is 4.80. The van der Waals surface area contributed by atoms with Crippen molar-refractivity contribution in [1.29, 1.82) is 0 Å². The number of hydrogen-bond donors (Lipinski definition) is 1. The highest BCUT2D eigenvalue weighted by molar-refractivity contribution is 5.96. The number of pyridine rings is 2. The van der Waals surface area contributed by atoms with E-state index < -0.39 is 17.6 Å². The molecule has 0 unspecified atom stereocenters. The number of halogens is 4. The van der Waals surface area contributed by atoms with E-state index in [0.717, 1.165) is 6.42 Å². The first-order valence-electron chi connectivity index (χ1n) is 10.9. The van der Waals surface area contributed by atoms with Gasteiger partial charge in [-0.25, -0.2) is 14.4 Å². The number of piperidine rings is 2. The van der Waals surface area contributed by atoms with Crippen LogP contribution in [0, 0.1) is 18.7 Å². The average molecular weight is 475 g/mol. The molecule has 3 aromatic rings. The monoisotopic (exact) mass is 475 g/mol. The molecule has 8 nitrogen and oxygen atoms in total. The van der Waals surface area contributed by atoms with E-state index in [4.69, 9.17) is 0 Å². The van der Waals surface area contributed by atoms with Gasteiger partial charge in [-0.15, -0.1) is 4.80 Å². The van der Waals surface area contributed by atoms with Crippen LogP contribution in [0.4, 0.5) is 23.4 Å². The van der Waals surface area contributed by atoms with E-state index in [-0.39, 0.29) is 35.4 Å². The summed E-state index contributed by atoms with van der Waals surface area (Å²) in [4.78, 5) is 24.8. The quantitative estimate of drug-likeness (QED) is 0.580. The summed E-state index contributed by atoms with van der Waals surface area (Å²) in [6.07, 6.45) is 1.18. The van der Waals surface area contributed by atoms with Gasteiger partial charge in [-0.3, -0.25) is 4.79 Å². The van der Waals surface area contributed by atoms with Crippen LogP contribution in [0.25, 0.3) is 5.69 Å².